The summed E-state index contributed by atoms with van der Waals surface area (Å²) in [6.45, 7) is 2.30. The Morgan fingerprint density at radius 1 is 1.43 bits per heavy atom. The minimum Gasteiger partial charge on any atom is -0.313 e. The predicted molar refractivity (Wildman–Crippen MR) is 60.7 cm³/mol. The van der Waals surface area contributed by atoms with E-state index in [9.17, 15) is 0 Å². The summed E-state index contributed by atoms with van der Waals surface area (Å²) in [6.07, 6.45) is 2.34. The molecule has 2 heteroatoms. The Balaban J connectivity index is 2.46. The van der Waals surface area contributed by atoms with Gasteiger partial charge in [0.2, 0.25) is 0 Å². The number of nitrogens with one attached hydrogen (secondary N) is 1. The zero-order valence-corrected chi connectivity index (χ0v) is 9.43. The topological polar surface area (TPSA) is 12.0 Å². The lowest BCUT2D eigenvalue weighted by Gasteiger charge is -2.31. The van der Waals surface area contributed by atoms with Gasteiger partial charge in [-0.3, -0.25) is 0 Å². The minimum absolute atomic E-state index is 0.470. The molecule has 1 aliphatic carbocycles. The van der Waals surface area contributed by atoms with Gasteiger partial charge in [0.25, 0.3) is 0 Å². The Kier molecular flexibility index (Phi) is 2.80. The molecule has 2 unspecified atom stereocenters. The Morgan fingerprint density at radius 2 is 2.21 bits per heavy atom. The van der Waals surface area contributed by atoms with Crippen LogP contribution in [0.15, 0.2) is 18.2 Å². The van der Waals surface area contributed by atoms with Gasteiger partial charge in [-0.15, -0.1) is 0 Å². The molecular weight excluding hydrogens is 194 g/mol. The van der Waals surface area contributed by atoms with Crippen molar-refractivity contribution in [2.24, 2.45) is 5.92 Å². The second kappa shape index (κ2) is 3.92. The van der Waals surface area contributed by atoms with Crippen molar-refractivity contribution in [3.05, 3.63) is 34.3 Å². The van der Waals surface area contributed by atoms with Crippen LogP contribution in [0.5, 0.6) is 0 Å². The normalized spacial score (nSPS) is 25.9. The van der Waals surface area contributed by atoms with Crippen LogP contribution in [-0.4, -0.2) is 7.05 Å². The molecule has 0 radical (unpaired) electrons. The third-order valence-electron chi connectivity index (χ3n) is 3.22. The lowest BCUT2D eigenvalue weighted by molar-refractivity contribution is 0.364. The van der Waals surface area contributed by atoms with E-state index in [1.54, 1.807) is 0 Å². The highest BCUT2D eigenvalue weighted by Gasteiger charge is 2.25. The first-order valence-corrected chi connectivity index (χ1v) is 5.56. The average molecular weight is 210 g/mol. The quantitative estimate of drug-likeness (QED) is 0.749. The largest absolute Gasteiger partial charge is 0.313 e. The Bertz CT molecular complexity index is 335. The summed E-state index contributed by atoms with van der Waals surface area (Å²) in [5, 5.41) is 4.30. The van der Waals surface area contributed by atoms with Crippen molar-refractivity contribution >= 4 is 11.6 Å². The monoisotopic (exact) mass is 209 g/mol. The maximum atomic E-state index is 6.18. The summed E-state index contributed by atoms with van der Waals surface area (Å²) in [5.74, 6) is 0.700. The number of fused-ring (bicyclic) bond motifs is 1. The molecule has 14 heavy (non-hydrogen) atoms. The van der Waals surface area contributed by atoms with Crippen LogP contribution in [0.1, 0.15) is 30.5 Å². The molecule has 0 saturated carbocycles. The molecule has 0 bridgehead atoms. The average Bonchev–Trinajstić information content (AvgIpc) is 2.18. The van der Waals surface area contributed by atoms with E-state index in [-0.39, 0.29) is 0 Å². The fourth-order valence-corrected chi connectivity index (χ4v) is 2.69. The molecule has 0 heterocycles. The smallest absolute Gasteiger partial charge is 0.0441 e. The summed E-state index contributed by atoms with van der Waals surface area (Å²) >= 11 is 6.18. The third kappa shape index (κ3) is 1.55. The van der Waals surface area contributed by atoms with Crippen LogP contribution < -0.4 is 5.32 Å². The first kappa shape index (κ1) is 10.0. The predicted octanol–water partition coefficient (Wildman–Crippen LogP) is 3.18. The SMILES string of the molecule is CNC1c2cccc(Cl)c2CCC1C. The van der Waals surface area contributed by atoms with Gasteiger partial charge in [0, 0.05) is 11.1 Å². The summed E-state index contributed by atoms with van der Waals surface area (Å²) in [4.78, 5) is 0. The lowest BCUT2D eigenvalue weighted by Crippen LogP contribution is -2.28. The second-order valence-electron chi connectivity index (χ2n) is 4.09. The Hall–Kier alpha value is -0.530. The molecule has 1 N–H and O–H groups in total. The van der Waals surface area contributed by atoms with Crippen LogP contribution in [0.3, 0.4) is 0 Å². The highest BCUT2D eigenvalue weighted by atomic mass is 35.5. The molecule has 0 spiro atoms. The van der Waals surface area contributed by atoms with Gasteiger partial charge in [0.05, 0.1) is 0 Å². The molecular formula is C12H16ClN. The standard InChI is InChI=1S/C12H16ClN/c1-8-6-7-9-10(12(8)14-2)4-3-5-11(9)13/h3-5,8,12,14H,6-7H2,1-2H3. The van der Waals surface area contributed by atoms with Gasteiger partial charge < -0.3 is 5.32 Å². The van der Waals surface area contributed by atoms with Crippen LogP contribution in [0.4, 0.5) is 0 Å². The summed E-state index contributed by atoms with van der Waals surface area (Å²) in [6, 6.07) is 6.70. The van der Waals surface area contributed by atoms with Gasteiger partial charge in [-0.25, -0.2) is 0 Å². The fraction of sp³-hybridized carbons (Fsp3) is 0.500. The van der Waals surface area contributed by atoms with E-state index in [1.807, 2.05) is 19.2 Å². The molecule has 1 aromatic carbocycles. The number of rotatable bonds is 1. The van der Waals surface area contributed by atoms with Crippen LogP contribution in [-0.2, 0) is 6.42 Å². The van der Waals surface area contributed by atoms with Gasteiger partial charge in [0.15, 0.2) is 0 Å². The van der Waals surface area contributed by atoms with Gasteiger partial charge in [-0.1, -0.05) is 30.7 Å². The van der Waals surface area contributed by atoms with Crippen molar-refractivity contribution < 1.29 is 0 Å². The third-order valence-corrected chi connectivity index (χ3v) is 3.57. The van der Waals surface area contributed by atoms with E-state index >= 15 is 0 Å². The molecule has 1 aromatic rings. The Labute approximate surface area is 90.5 Å². The number of hydrogen-bond donors (Lipinski definition) is 1. The highest BCUT2D eigenvalue weighted by molar-refractivity contribution is 6.31. The van der Waals surface area contributed by atoms with Crippen LogP contribution in [0, 0.1) is 5.92 Å². The summed E-state index contributed by atoms with van der Waals surface area (Å²) in [7, 11) is 2.02. The van der Waals surface area contributed by atoms with Crippen LogP contribution >= 0.6 is 11.6 Å². The van der Waals surface area contributed by atoms with E-state index < -0.39 is 0 Å². The van der Waals surface area contributed by atoms with E-state index in [1.165, 1.54) is 17.5 Å². The summed E-state index contributed by atoms with van der Waals surface area (Å²) in [5.41, 5.74) is 2.73. The molecule has 0 fully saturated rings. The van der Waals surface area contributed by atoms with E-state index in [0.717, 1.165) is 11.4 Å². The maximum absolute atomic E-state index is 6.18. The first-order valence-electron chi connectivity index (χ1n) is 5.18. The fourth-order valence-electron chi connectivity index (χ4n) is 2.42. The molecule has 76 valence electrons. The van der Waals surface area contributed by atoms with E-state index in [4.69, 9.17) is 11.6 Å². The van der Waals surface area contributed by atoms with Crippen molar-refractivity contribution in [2.75, 3.05) is 7.05 Å². The molecule has 0 aromatic heterocycles. The molecule has 0 aliphatic heterocycles. The molecule has 1 aliphatic rings. The van der Waals surface area contributed by atoms with Crippen molar-refractivity contribution in [2.45, 2.75) is 25.8 Å². The van der Waals surface area contributed by atoms with Gasteiger partial charge in [-0.2, -0.15) is 0 Å². The second-order valence-corrected chi connectivity index (χ2v) is 4.50. The minimum atomic E-state index is 0.470. The highest BCUT2D eigenvalue weighted by Crippen LogP contribution is 2.36. The lowest BCUT2D eigenvalue weighted by atomic mass is 9.81. The van der Waals surface area contributed by atoms with Crippen molar-refractivity contribution in [3.8, 4) is 0 Å². The zero-order valence-electron chi connectivity index (χ0n) is 8.68. The van der Waals surface area contributed by atoms with Crippen LogP contribution in [0.25, 0.3) is 0 Å². The molecule has 0 amide bonds. The van der Waals surface area contributed by atoms with E-state index in [2.05, 4.69) is 18.3 Å². The molecule has 2 rings (SSSR count). The number of hydrogen-bond acceptors (Lipinski definition) is 1. The Morgan fingerprint density at radius 3 is 2.93 bits per heavy atom. The van der Waals surface area contributed by atoms with Crippen molar-refractivity contribution in [3.63, 3.8) is 0 Å². The van der Waals surface area contributed by atoms with Gasteiger partial charge in [-0.05, 0) is 43.0 Å². The van der Waals surface area contributed by atoms with Crippen molar-refractivity contribution in [1.82, 2.24) is 5.32 Å². The number of halogens is 1. The molecule has 0 saturated heterocycles. The van der Waals surface area contributed by atoms with Crippen molar-refractivity contribution in [1.29, 1.82) is 0 Å². The maximum Gasteiger partial charge on any atom is 0.0441 e. The van der Waals surface area contributed by atoms with Gasteiger partial charge in [0.1, 0.15) is 0 Å². The van der Waals surface area contributed by atoms with Gasteiger partial charge >= 0.3 is 0 Å². The van der Waals surface area contributed by atoms with E-state index in [0.29, 0.717) is 12.0 Å². The first-order chi connectivity index (χ1) is 6.74. The number of benzene rings is 1. The summed E-state index contributed by atoms with van der Waals surface area (Å²) < 4.78 is 0. The molecule has 2 atom stereocenters. The zero-order chi connectivity index (χ0) is 10.1. The molecule has 1 nitrogen and oxygen atoms in total. The van der Waals surface area contributed by atoms with Crippen LogP contribution in [0.2, 0.25) is 5.02 Å².